The quantitative estimate of drug-likeness (QED) is 0.847. The number of benzene rings is 1. The van der Waals surface area contributed by atoms with E-state index in [1.165, 1.54) is 6.07 Å². The second kappa shape index (κ2) is 6.85. The van der Waals surface area contributed by atoms with E-state index >= 15 is 0 Å². The van der Waals surface area contributed by atoms with Crippen LogP contribution < -0.4 is 10.2 Å². The predicted octanol–water partition coefficient (Wildman–Crippen LogP) is 2.63. The van der Waals surface area contributed by atoms with Gasteiger partial charge in [0.1, 0.15) is 0 Å². The Balaban J connectivity index is 2.26. The highest BCUT2D eigenvalue weighted by Gasteiger charge is 2.23. The molecule has 0 aliphatic carbocycles. The molecule has 0 spiro atoms. The number of rotatable bonds is 6. The van der Waals surface area contributed by atoms with Gasteiger partial charge in [0.05, 0.1) is 11.3 Å². The average Bonchev–Trinajstić information content (AvgIpc) is 2.94. The normalized spacial score (nSPS) is 18.0. The maximum Gasteiger partial charge on any atom is 0.338 e. The molecule has 0 amide bonds. The van der Waals surface area contributed by atoms with Crippen molar-refractivity contribution in [3.8, 4) is 0 Å². The third kappa shape index (κ3) is 3.50. The molecule has 1 fully saturated rings. The number of carboxylic acids is 1. The van der Waals surface area contributed by atoms with Crippen molar-refractivity contribution >= 4 is 11.7 Å². The van der Waals surface area contributed by atoms with Crippen LogP contribution in [0.2, 0.25) is 0 Å². The van der Waals surface area contributed by atoms with Gasteiger partial charge in [-0.3, -0.25) is 0 Å². The lowest BCUT2D eigenvalue weighted by Crippen LogP contribution is -2.38. The summed E-state index contributed by atoms with van der Waals surface area (Å²) < 4.78 is 28.0. The number of carbonyl (C=O) groups is 1. The number of carboxylic acid groups (broad SMARTS) is 1. The van der Waals surface area contributed by atoms with Crippen LogP contribution in [0.3, 0.4) is 0 Å². The highest BCUT2D eigenvalue weighted by atomic mass is 19.2. The van der Waals surface area contributed by atoms with Crippen molar-refractivity contribution in [2.24, 2.45) is 0 Å². The van der Waals surface area contributed by atoms with Crippen LogP contribution in [0.15, 0.2) is 12.1 Å². The van der Waals surface area contributed by atoms with E-state index < -0.39 is 23.2 Å². The molecule has 1 aromatic carbocycles. The lowest BCUT2D eigenvalue weighted by Gasteiger charge is -2.28. The van der Waals surface area contributed by atoms with Gasteiger partial charge in [0.15, 0.2) is 11.6 Å². The molecule has 1 aliphatic heterocycles. The average molecular weight is 298 g/mol. The fraction of sp³-hybridized carbons (Fsp3) is 0.533. The van der Waals surface area contributed by atoms with E-state index in [9.17, 15) is 13.6 Å². The predicted molar refractivity (Wildman–Crippen MR) is 76.8 cm³/mol. The monoisotopic (exact) mass is 298 g/mol. The van der Waals surface area contributed by atoms with Crippen LogP contribution >= 0.6 is 0 Å². The molecule has 21 heavy (non-hydrogen) atoms. The summed E-state index contributed by atoms with van der Waals surface area (Å²) in [4.78, 5) is 12.6. The van der Waals surface area contributed by atoms with Crippen LogP contribution in [0, 0.1) is 11.6 Å². The molecule has 4 nitrogen and oxygen atoms in total. The number of hydrogen-bond acceptors (Lipinski definition) is 3. The molecule has 1 aromatic rings. The van der Waals surface area contributed by atoms with Crippen molar-refractivity contribution in [3.63, 3.8) is 0 Å². The molecule has 0 aromatic heterocycles. The molecule has 1 saturated heterocycles. The van der Waals surface area contributed by atoms with Gasteiger partial charge >= 0.3 is 5.97 Å². The Bertz CT molecular complexity index is 517. The zero-order chi connectivity index (χ0) is 15.4. The number of aromatic carboxylic acids is 1. The molecule has 1 atom stereocenters. The van der Waals surface area contributed by atoms with Gasteiger partial charge in [-0.15, -0.1) is 0 Å². The molecule has 0 radical (unpaired) electrons. The standard InChI is InChI=1S/C15H20F2N2O2/c1-2-8-19(9-10-4-3-7-18-10)12-6-5-11(15(20)21)13(16)14(12)17/h5-6,10,18H,2-4,7-9H2,1H3,(H,20,21). The topological polar surface area (TPSA) is 52.6 Å². The first-order valence-corrected chi connectivity index (χ1v) is 7.24. The van der Waals surface area contributed by atoms with Gasteiger partial charge in [-0.05, 0) is 37.9 Å². The third-order valence-corrected chi connectivity index (χ3v) is 3.73. The fourth-order valence-corrected chi connectivity index (χ4v) is 2.71. The molecule has 1 unspecified atom stereocenters. The summed E-state index contributed by atoms with van der Waals surface area (Å²) in [5.74, 6) is -3.83. The maximum absolute atomic E-state index is 14.2. The molecule has 116 valence electrons. The molecular weight excluding hydrogens is 278 g/mol. The lowest BCUT2D eigenvalue weighted by atomic mass is 10.1. The van der Waals surface area contributed by atoms with Crippen molar-refractivity contribution in [3.05, 3.63) is 29.3 Å². The Kier molecular flexibility index (Phi) is 5.12. The lowest BCUT2D eigenvalue weighted by molar-refractivity contribution is 0.0690. The van der Waals surface area contributed by atoms with Crippen LogP contribution in [0.5, 0.6) is 0 Å². The van der Waals surface area contributed by atoms with Crippen molar-refractivity contribution in [1.29, 1.82) is 0 Å². The summed E-state index contributed by atoms with van der Waals surface area (Å²) in [5.41, 5.74) is -0.500. The van der Waals surface area contributed by atoms with Gasteiger partial charge in [-0.2, -0.15) is 0 Å². The summed E-state index contributed by atoms with van der Waals surface area (Å²) in [6.07, 6.45) is 2.89. The van der Waals surface area contributed by atoms with Crippen molar-refractivity contribution in [2.45, 2.75) is 32.2 Å². The second-order valence-electron chi connectivity index (χ2n) is 5.30. The Hall–Kier alpha value is -1.69. The van der Waals surface area contributed by atoms with Crippen LogP contribution in [0.4, 0.5) is 14.5 Å². The number of anilines is 1. The van der Waals surface area contributed by atoms with Crippen LogP contribution in [0.1, 0.15) is 36.5 Å². The van der Waals surface area contributed by atoms with Gasteiger partial charge in [0.2, 0.25) is 0 Å². The maximum atomic E-state index is 14.2. The van der Waals surface area contributed by atoms with E-state index in [2.05, 4.69) is 5.32 Å². The van der Waals surface area contributed by atoms with E-state index in [4.69, 9.17) is 5.11 Å². The zero-order valence-corrected chi connectivity index (χ0v) is 12.0. The van der Waals surface area contributed by atoms with Crippen molar-refractivity contribution in [2.75, 3.05) is 24.5 Å². The minimum Gasteiger partial charge on any atom is -0.478 e. The third-order valence-electron chi connectivity index (χ3n) is 3.73. The highest BCUT2D eigenvalue weighted by molar-refractivity contribution is 5.88. The van der Waals surface area contributed by atoms with Gasteiger partial charge in [-0.1, -0.05) is 6.92 Å². The molecule has 0 bridgehead atoms. The highest BCUT2D eigenvalue weighted by Crippen LogP contribution is 2.25. The van der Waals surface area contributed by atoms with Gasteiger partial charge in [0, 0.05) is 19.1 Å². The first-order valence-electron chi connectivity index (χ1n) is 7.24. The van der Waals surface area contributed by atoms with E-state index in [0.29, 0.717) is 13.1 Å². The Labute approximate surface area is 122 Å². The van der Waals surface area contributed by atoms with Crippen LogP contribution in [0.25, 0.3) is 0 Å². The van der Waals surface area contributed by atoms with Crippen molar-refractivity contribution in [1.82, 2.24) is 5.32 Å². The van der Waals surface area contributed by atoms with Gasteiger partial charge < -0.3 is 15.3 Å². The first-order chi connectivity index (χ1) is 10.0. The van der Waals surface area contributed by atoms with Gasteiger partial charge in [-0.25, -0.2) is 13.6 Å². The van der Waals surface area contributed by atoms with E-state index in [1.54, 1.807) is 4.90 Å². The molecule has 2 N–H and O–H groups in total. The molecule has 0 saturated carbocycles. The molecule has 6 heteroatoms. The fourth-order valence-electron chi connectivity index (χ4n) is 2.71. The van der Waals surface area contributed by atoms with E-state index in [-0.39, 0.29) is 11.7 Å². The largest absolute Gasteiger partial charge is 0.478 e. The van der Waals surface area contributed by atoms with Crippen LogP contribution in [-0.4, -0.2) is 36.8 Å². The Morgan fingerprint density at radius 2 is 2.19 bits per heavy atom. The molecular formula is C15H20F2N2O2. The van der Waals surface area contributed by atoms with Crippen molar-refractivity contribution < 1.29 is 18.7 Å². The SMILES string of the molecule is CCCN(CC1CCCN1)c1ccc(C(=O)O)c(F)c1F. The van der Waals surface area contributed by atoms with Gasteiger partial charge in [0.25, 0.3) is 0 Å². The minimum atomic E-state index is -1.46. The Morgan fingerprint density at radius 1 is 1.43 bits per heavy atom. The van der Waals surface area contributed by atoms with Crippen LogP contribution in [-0.2, 0) is 0 Å². The minimum absolute atomic E-state index is 0.132. The van der Waals surface area contributed by atoms with E-state index in [1.807, 2.05) is 6.92 Å². The zero-order valence-electron chi connectivity index (χ0n) is 12.0. The summed E-state index contributed by atoms with van der Waals surface area (Å²) in [6, 6.07) is 2.74. The second-order valence-corrected chi connectivity index (χ2v) is 5.30. The first kappa shape index (κ1) is 15.7. The number of nitrogens with zero attached hydrogens (tertiary/aromatic N) is 1. The molecule has 1 heterocycles. The molecule has 1 aliphatic rings. The number of halogens is 2. The summed E-state index contributed by atoms with van der Waals surface area (Å²) >= 11 is 0. The number of hydrogen-bond donors (Lipinski definition) is 2. The molecule has 2 rings (SSSR count). The summed E-state index contributed by atoms with van der Waals surface area (Å²) in [6.45, 7) is 4.10. The number of nitrogens with one attached hydrogen (secondary N) is 1. The van der Waals surface area contributed by atoms with E-state index in [0.717, 1.165) is 31.9 Å². The Morgan fingerprint density at radius 3 is 2.76 bits per heavy atom. The smallest absolute Gasteiger partial charge is 0.338 e. The summed E-state index contributed by atoms with van der Waals surface area (Å²) in [7, 11) is 0. The summed E-state index contributed by atoms with van der Waals surface area (Å²) in [5, 5.41) is 12.1.